The van der Waals surface area contributed by atoms with Crippen LogP contribution in [0.1, 0.15) is 50.8 Å². The van der Waals surface area contributed by atoms with Gasteiger partial charge in [-0.15, -0.1) is 0 Å². The fourth-order valence-electron chi connectivity index (χ4n) is 4.32. The van der Waals surface area contributed by atoms with Crippen molar-refractivity contribution < 1.29 is 19.1 Å². The minimum absolute atomic E-state index is 0.143. The topological polar surface area (TPSA) is 67.9 Å². The molecule has 0 spiro atoms. The molecule has 0 saturated heterocycles. The lowest BCUT2D eigenvalue weighted by atomic mass is 9.86. The van der Waals surface area contributed by atoms with Crippen molar-refractivity contribution in [1.82, 2.24) is 10.2 Å². The van der Waals surface area contributed by atoms with Crippen LogP contribution in [0.15, 0.2) is 78.9 Å². The lowest BCUT2D eigenvalue weighted by Gasteiger charge is -2.32. The number of amides is 2. The molecule has 6 nitrogen and oxygen atoms in total. The molecule has 38 heavy (non-hydrogen) atoms. The normalized spacial score (nSPS) is 11.9. The summed E-state index contributed by atoms with van der Waals surface area (Å²) in [6.07, 6.45) is 1.20. The molecule has 2 amide bonds. The second-order valence-electron chi connectivity index (χ2n) is 10.4. The van der Waals surface area contributed by atoms with Crippen molar-refractivity contribution >= 4 is 11.8 Å². The Morgan fingerprint density at radius 1 is 0.921 bits per heavy atom. The molecule has 3 rings (SSSR count). The van der Waals surface area contributed by atoms with Gasteiger partial charge >= 0.3 is 0 Å². The highest BCUT2D eigenvalue weighted by Gasteiger charge is 2.31. The number of rotatable bonds is 12. The maximum atomic E-state index is 13.8. The molecule has 1 N–H and O–H groups in total. The van der Waals surface area contributed by atoms with Gasteiger partial charge in [-0.25, -0.2) is 0 Å². The van der Waals surface area contributed by atoms with Gasteiger partial charge in [0, 0.05) is 19.5 Å². The Balaban J connectivity index is 1.94. The van der Waals surface area contributed by atoms with Crippen molar-refractivity contribution in [1.29, 1.82) is 0 Å². The molecule has 0 bridgehead atoms. The highest BCUT2D eigenvalue weighted by atomic mass is 16.5. The van der Waals surface area contributed by atoms with Crippen molar-refractivity contribution in [2.24, 2.45) is 0 Å². The van der Waals surface area contributed by atoms with E-state index in [0.717, 1.165) is 23.1 Å². The minimum atomic E-state index is -0.705. The van der Waals surface area contributed by atoms with Gasteiger partial charge in [0.2, 0.25) is 5.91 Å². The van der Waals surface area contributed by atoms with E-state index < -0.39 is 6.04 Å². The summed E-state index contributed by atoms with van der Waals surface area (Å²) in [7, 11) is 1.61. The van der Waals surface area contributed by atoms with Gasteiger partial charge < -0.3 is 19.7 Å². The van der Waals surface area contributed by atoms with Crippen molar-refractivity contribution in [3.8, 4) is 11.5 Å². The first-order chi connectivity index (χ1) is 18.2. The summed E-state index contributed by atoms with van der Waals surface area (Å²) in [4.78, 5) is 28.9. The molecule has 0 aliphatic rings. The first-order valence-electron chi connectivity index (χ1n) is 13.2. The van der Waals surface area contributed by atoms with Gasteiger partial charge in [0.05, 0.1) is 7.11 Å². The van der Waals surface area contributed by atoms with E-state index in [9.17, 15) is 9.59 Å². The van der Waals surface area contributed by atoms with Crippen LogP contribution in [0.5, 0.6) is 11.5 Å². The van der Waals surface area contributed by atoms with Crippen LogP contribution in [0, 0.1) is 0 Å². The third-order valence-corrected chi connectivity index (χ3v) is 6.35. The van der Waals surface area contributed by atoms with Crippen LogP contribution in [-0.2, 0) is 28.0 Å². The summed E-state index contributed by atoms with van der Waals surface area (Å²) in [5.41, 5.74) is 2.73. The third-order valence-electron chi connectivity index (χ3n) is 6.35. The molecular weight excluding hydrogens is 476 g/mol. The SMILES string of the molecule is CCCNC(=O)[C@H](Cc1ccccc1)N(Cc1cccc(OC)c1)C(=O)COc1ccccc1C(C)(C)C. The predicted octanol–water partition coefficient (Wildman–Crippen LogP) is 5.54. The quantitative estimate of drug-likeness (QED) is 0.343. The summed E-state index contributed by atoms with van der Waals surface area (Å²) >= 11 is 0. The lowest BCUT2D eigenvalue weighted by molar-refractivity contribution is -0.142. The molecule has 6 heteroatoms. The lowest BCUT2D eigenvalue weighted by Crippen LogP contribution is -2.51. The Labute approximate surface area is 227 Å². The number of para-hydroxylation sites is 1. The van der Waals surface area contributed by atoms with E-state index in [-0.39, 0.29) is 30.4 Å². The molecule has 0 aromatic heterocycles. The summed E-state index contributed by atoms with van der Waals surface area (Å²) in [5.74, 6) is 0.927. The van der Waals surface area contributed by atoms with Crippen molar-refractivity contribution in [2.75, 3.05) is 20.3 Å². The number of ether oxygens (including phenoxy) is 2. The molecular formula is C32H40N2O4. The highest BCUT2D eigenvalue weighted by Crippen LogP contribution is 2.31. The van der Waals surface area contributed by atoms with Crippen molar-refractivity contribution in [3.05, 3.63) is 95.6 Å². The van der Waals surface area contributed by atoms with Gasteiger partial charge in [-0.1, -0.05) is 88.4 Å². The summed E-state index contributed by atoms with van der Waals surface area (Å²) in [5, 5.41) is 3.00. The molecule has 0 saturated carbocycles. The smallest absolute Gasteiger partial charge is 0.261 e. The standard InChI is InChI=1S/C32H40N2O4/c1-6-19-33-31(36)28(21-24-13-8-7-9-14-24)34(22-25-15-12-16-26(20-25)37-5)30(35)23-38-29-18-11-10-17-27(29)32(2,3)4/h7-18,20,28H,6,19,21-23H2,1-5H3,(H,33,36)/t28-/m0/s1. The van der Waals surface area contributed by atoms with Crippen LogP contribution in [0.3, 0.4) is 0 Å². The zero-order valence-electron chi connectivity index (χ0n) is 23.2. The minimum Gasteiger partial charge on any atom is -0.497 e. The molecule has 0 unspecified atom stereocenters. The zero-order chi connectivity index (χ0) is 27.5. The van der Waals surface area contributed by atoms with E-state index >= 15 is 0 Å². The van der Waals surface area contributed by atoms with Gasteiger partial charge in [0.25, 0.3) is 5.91 Å². The first-order valence-corrected chi connectivity index (χ1v) is 13.2. The van der Waals surface area contributed by atoms with E-state index in [1.807, 2.05) is 85.8 Å². The average Bonchev–Trinajstić information content (AvgIpc) is 2.92. The number of benzene rings is 3. The van der Waals surface area contributed by atoms with Crippen LogP contribution in [-0.4, -0.2) is 43.0 Å². The fraction of sp³-hybridized carbons (Fsp3) is 0.375. The summed E-state index contributed by atoms with van der Waals surface area (Å²) in [6.45, 7) is 8.95. The third kappa shape index (κ3) is 8.10. The molecule has 3 aromatic rings. The van der Waals surface area contributed by atoms with Crippen molar-refractivity contribution in [2.45, 2.75) is 58.5 Å². The molecule has 0 heterocycles. The Morgan fingerprint density at radius 3 is 2.29 bits per heavy atom. The van der Waals surface area contributed by atoms with Crippen LogP contribution in [0.2, 0.25) is 0 Å². The number of carbonyl (C=O) groups excluding carboxylic acids is 2. The number of hydrogen-bond acceptors (Lipinski definition) is 4. The van der Waals surface area contributed by atoms with Crippen molar-refractivity contribution in [3.63, 3.8) is 0 Å². The molecule has 0 fully saturated rings. The predicted molar refractivity (Wildman–Crippen MR) is 151 cm³/mol. The number of nitrogens with zero attached hydrogens (tertiary/aromatic N) is 1. The van der Waals surface area contributed by atoms with E-state index in [1.165, 1.54) is 0 Å². The number of hydrogen-bond donors (Lipinski definition) is 1. The van der Waals surface area contributed by atoms with Crippen LogP contribution < -0.4 is 14.8 Å². The van der Waals surface area contributed by atoms with Gasteiger partial charge in [-0.2, -0.15) is 0 Å². The van der Waals surface area contributed by atoms with Gasteiger partial charge in [-0.05, 0) is 46.7 Å². The maximum absolute atomic E-state index is 13.8. The molecule has 1 atom stereocenters. The van der Waals surface area contributed by atoms with Crippen LogP contribution >= 0.6 is 0 Å². The monoisotopic (exact) mass is 516 g/mol. The molecule has 0 aliphatic heterocycles. The largest absolute Gasteiger partial charge is 0.497 e. The maximum Gasteiger partial charge on any atom is 0.261 e. The zero-order valence-corrected chi connectivity index (χ0v) is 23.2. The molecule has 202 valence electrons. The average molecular weight is 517 g/mol. The van der Waals surface area contributed by atoms with Gasteiger partial charge in [0.15, 0.2) is 6.61 Å². The first kappa shape index (κ1) is 28.8. The second kappa shape index (κ2) is 13.7. The van der Waals surface area contributed by atoms with Gasteiger partial charge in [0.1, 0.15) is 17.5 Å². The molecule has 0 radical (unpaired) electrons. The van der Waals surface area contributed by atoms with E-state index in [2.05, 4.69) is 26.1 Å². The molecule has 3 aromatic carbocycles. The number of nitrogens with one attached hydrogen (secondary N) is 1. The van der Waals surface area contributed by atoms with Crippen LogP contribution in [0.4, 0.5) is 0 Å². The Morgan fingerprint density at radius 2 is 1.61 bits per heavy atom. The summed E-state index contributed by atoms with van der Waals surface area (Å²) in [6, 6.07) is 24.4. The summed E-state index contributed by atoms with van der Waals surface area (Å²) < 4.78 is 11.5. The second-order valence-corrected chi connectivity index (χ2v) is 10.4. The molecule has 0 aliphatic carbocycles. The fourth-order valence-corrected chi connectivity index (χ4v) is 4.32. The Kier molecular flexibility index (Phi) is 10.3. The van der Waals surface area contributed by atoms with E-state index in [1.54, 1.807) is 12.0 Å². The Hall–Kier alpha value is -3.80. The van der Waals surface area contributed by atoms with E-state index in [0.29, 0.717) is 24.5 Å². The van der Waals surface area contributed by atoms with Crippen LogP contribution in [0.25, 0.3) is 0 Å². The number of carbonyl (C=O) groups is 2. The number of methoxy groups -OCH3 is 1. The highest BCUT2D eigenvalue weighted by molar-refractivity contribution is 5.88. The van der Waals surface area contributed by atoms with E-state index in [4.69, 9.17) is 9.47 Å². The van der Waals surface area contributed by atoms with Gasteiger partial charge in [-0.3, -0.25) is 9.59 Å². The Bertz CT molecular complexity index is 1190.